The summed E-state index contributed by atoms with van der Waals surface area (Å²) in [5, 5.41) is 33.7. The number of nitrogens with two attached hydrogens (primary N) is 2. The van der Waals surface area contributed by atoms with Gasteiger partial charge >= 0.3 is 11.9 Å². The molecule has 10 N–H and O–H groups in total. The van der Waals surface area contributed by atoms with Crippen molar-refractivity contribution in [3.63, 3.8) is 0 Å². The molecule has 0 aromatic heterocycles. The van der Waals surface area contributed by atoms with Crippen LogP contribution in [0, 0.1) is 0 Å². The van der Waals surface area contributed by atoms with Gasteiger partial charge in [-0.3, -0.25) is 28.8 Å². The molecular formula is C19H25N5O9. The Labute approximate surface area is 187 Å². The Balaban J connectivity index is 3.03. The van der Waals surface area contributed by atoms with Crippen molar-refractivity contribution in [3.05, 3.63) is 29.8 Å². The molecule has 0 spiro atoms. The molecule has 0 aliphatic heterocycles. The number of hydrogen-bond donors (Lipinski definition) is 8. The number of aromatic hydroxyl groups is 1. The first kappa shape index (κ1) is 26.8. The maximum absolute atomic E-state index is 12.7. The lowest BCUT2D eigenvalue weighted by Crippen LogP contribution is -2.57. The van der Waals surface area contributed by atoms with Crippen molar-refractivity contribution >= 4 is 35.6 Å². The summed E-state index contributed by atoms with van der Waals surface area (Å²) in [6.45, 7) is -0.738. The van der Waals surface area contributed by atoms with Gasteiger partial charge in [0.15, 0.2) is 0 Å². The predicted octanol–water partition coefficient (Wildman–Crippen LogP) is -3.22. The lowest BCUT2D eigenvalue weighted by molar-refractivity contribution is -0.141. The van der Waals surface area contributed by atoms with E-state index in [4.69, 9.17) is 21.7 Å². The van der Waals surface area contributed by atoms with E-state index in [1.54, 1.807) is 0 Å². The first-order valence-electron chi connectivity index (χ1n) is 9.52. The molecule has 3 unspecified atom stereocenters. The van der Waals surface area contributed by atoms with E-state index in [1.165, 1.54) is 24.3 Å². The summed E-state index contributed by atoms with van der Waals surface area (Å²) < 4.78 is 0. The number of hydrogen-bond acceptors (Lipinski definition) is 8. The minimum absolute atomic E-state index is 0.0498. The number of carboxylic acids is 2. The SMILES string of the molecule is NC(=O)CC(N)C(=O)NC(CC(=O)O)C(=O)NC(Cc1ccc(O)cc1)C(=O)NCC(=O)O. The zero-order valence-corrected chi connectivity index (χ0v) is 17.3. The highest BCUT2D eigenvalue weighted by Gasteiger charge is 2.30. The van der Waals surface area contributed by atoms with Gasteiger partial charge in [0, 0.05) is 6.42 Å². The lowest BCUT2D eigenvalue weighted by atomic mass is 10.0. The number of carbonyl (C=O) groups is 6. The molecule has 0 saturated heterocycles. The van der Waals surface area contributed by atoms with Gasteiger partial charge in [0.05, 0.1) is 18.9 Å². The van der Waals surface area contributed by atoms with Gasteiger partial charge in [-0.15, -0.1) is 0 Å². The minimum atomic E-state index is -1.66. The standard InChI is InChI=1S/C19H25N5O9/c20-11(6-14(21)26)17(31)23-13(7-15(27)28)19(33)24-12(18(32)22-8-16(29)30)5-9-1-3-10(25)4-2-9/h1-4,11-13,25H,5-8,20H2,(H2,21,26)(H,22,32)(H,23,31)(H,24,33)(H,27,28)(H,29,30). The Morgan fingerprint density at radius 3 is 1.91 bits per heavy atom. The van der Waals surface area contributed by atoms with Crippen LogP contribution < -0.4 is 27.4 Å². The Morgan fingerprint density at radius 2 is 1.39 bits per heavy atom. The minimum Gasteiger partial charge on any atom is -0.508 e. The van der Waals surface area contributed by atoms with E-state index in [0.29, 0.717) is 5.56 Å². The molecule has 0 aliphatic rings. The van der Waals surface area contributed by atoms with E-state index < -0.39 is 73.1 Å². The predicted molar refractivity (Wildman–Crippen MR) is 110 cm³/mol. The van der Waals surface area contributed by atoms with Crippen molar-refractivity contribution in [2.24, 2.45) is 11.5 Å². The molecule has 0 radical (unpaired) electrons. The summed E-state index contributed by atoms with van der Waals surface area (Å²) in [6, 6.07) is 1.13. The Morgan fingerprint density at radius 1 is 0.818 bits per heavy atom. The van der Waals surface area contributed by atoms with Crippen LogP contribution in [0.2, 0.25) is 0 Å². The maximum Gasteiger partial charge on any atom is 0.322 e. The van der Waals surface area contributed by atoms with Crippen LogP contribution in [0.25, 0.3) is 0 Å². The topological polar surface area (TPSA) is 251 Å². The van der Waals surface area contributed by atoms with Crippen LogP contribution in [0.1, 0.15) is 18.4 Å². The molecule has 0 saturated carbocycles. The van der Waals surface area contributed by atoms with E-state index in [1.807, 2.05) is 0 Å². The van der Waals surface area contributed by atoms with Crippen molar-refractivity contribution in [2.75, 3.05) is 6.54 Å². The third-order valence-electron chi connectivity index (χ3n) is 4.19. The third-order valence-corrected chi connectivity index (χ3v) is 4.19. The summed E-state index contributed by atoms with van der Waals surface area (Å²) in [7, 11) is 0. The van der Waals surface area contributed by atoms with Gasteiger partial charge in [-0.1, -0.05) is 12.1 Å². The van der Waals surface area contributed by atoms with Crippen LogP contribution in [0.3, 0.4) is 0 Å². The molecule has 180 valence electrons. The van der Waals surface area contributed by atoms with Crippen LogP contribution in [-0.4, -0.2) is 75.6 Å². The number of primary amides is 1. The molecular weight excluding hydrogens is 442 g/mol. The Hall–Kier alpha value is -4.20. The summed E-state index contributed by atoms with van der Waals surface area (Å²) in [5.41, 5.74) is 10.9. The van der Waals surface area contributed by atoms with E-state index >= 15 is 0 Å². The molecule has 0 fully saturated rings. The van der Waals surface area contributed by atoms with Crippen molar-refractivity contribution in [1.82, 2.24) is 16.0 Å². The van der Waals surface area contributed by atoms with Crippen molar-refractivity contribution < 1.29 is 44.1 Å². The normalized spacial score (nSPS) is 13.1. The number of amides is 4. The summed E-state index contributed by atoms with van der Waals surface area (Å²) in [5.74, 6) is -6.69. The second-order valence-corrected chi connectivity index (χ2v) is 6.98. The summed E-state index contributed by atoms with van der Waals surface area (Å²) in [6.07, 6.45) is -1.57. The summed E-state index contributed by atoms with van der Waals surface area (Å²) in [4.78, 5) is 70.1. The fourth-order valence-electron chi connectivity index (χ4n) is 2.61. The quantitative estimate of drug-likeness (QED) is 0.144. The molecule has 0 heterocycles. The number of phenolic OH excluding ortho intramolecular Hbond substituents is 1. The number of aliphatic carboxylic acids is 2. The largest absolute Gasteiger partial charge is 0.508 e. The van der Waals surface area contributed by atoms with Gasteiger partial charge in [-0.25, -0.2) is 0 Å². The first-order valence-corrected chi connectivity index (χ1v) is 9.52. The smallest absolute Gasteiger partial charge is 0.322 e. The second kappa shape index (κ2) is 12.6. The highest BCUT2D eigenvalue weighted by atomic mass is 16.4. The lowest BCUT2D eigenvalue weighted by Gasteiger charge is -2.23. The van der Waals surface area contributed by atoms with Gasteiger partial charge in [0.1, 0.15) is 24.4 Å². The molecule has 3 atom stereocenters. The van der Waals surface area contributed by atoms with Gasteiger partial charge in [0.2, 0.25) is 23.6 Å². The zero-order chi connectivity index (χ0) is 25.1. The zero-order valence-electron chi connectivity index (χ0n) is 17.3. The second-order valence-electron chi connectivity index (χ2n) is 6.98. The van der Waals surface area contributed by atoms with Gasteiger partial charge in [0.25, 0.3) is 0 Å². The molecule has 4 amide bonds. The first-order chi connectivity index (χ1) is 15.4. The Bertz CT molecular complexity index is 903. The van der Waals surface area contributed by atoms with Gasteiger partial charge in [-0.2, -0.15) is 0 Å². The van der Waals surface area contributed by atoms with Crippen LogP contribution in [0.15, 0.2) is 24.3 Å². The number of benzene rings is 1. The van der Waals surface area contributed by atoms with Gasteiger partial charge in [-0.05, 0) is 17.7 Å². The molecule has 0 aliphatic carbocycles. The van der Waals surface area contributed by atoms with Crippen molar-refractivity contribution in [3.8, 4) is 5.75 Å². The van der Waals surface area contributed by atoms with Crippen LogP contribution in [0.4, 0.5) is 0 Å². The van der Waals surface area contributed by atoms with Gasteiger partial charge < -0.3 is 42.7 Å². The molecule has 1 aromatic rings. The van der Waals surface area contributed by atoms with Crippen molar-refractivity contribution in [1.29, 1.82) is 0 Å². The molecule has 1 aromatic carbocycles. The summed E-state index contributed by atoms with van der Waals surface area (Å²) >= 11 is 0. The average Bonchev–Trinajstić information content (AvgIpc) is 2.71. The molecule has 14 heteroatoms. The van der Waals surface area contributed by atoms with E-state index in [-0.39, 0.29) is 12.2 Å². The van der Waals surface area contributed by atoms with Crippen LogP contribution in [-0.2, 0) is 35.2 Å². The number of rotatable bonds is 13. The number of nitrogens with one attached hydrogen (secondary N) is 3. The van der Waals surface area contributed by atoms with Crippen molar-refractivity contribution in [2.45, 2.75) is 37.4 Å². The average molecular weight is 467 g/mol. The molecule has 33 heavy (non-hydrogen) atoms. The van der Waals surface area contributed by atoms with E-state index in [9.17, 15) is 33.9 Å². The third kappa shape index (κ3) is 10.1. The molecule has 0 bridgehead atoms. The highest BCUT2D eigenvalue weighted by Crippen LogP contribution is 2.12. The number of carbonyl (C=O) groups excluding carboxylic acids is 4. The van der Waals surface area contributed by atoms with Crippen LogP contribution >= 0.6 is 0 Å². The van der Waals surface area contributed by atoms with E-state index in [2.05, 4.69) is 16.0 Å². The van der Waals surface area contributed by atoms with Crippen LogP contribution in [0.5, 0.6) is 5.75 Å². The Kier molecular flexibility index (Phi) is 10.3. The molecule has 14 nitrogen and oxygen atoms in total. The molecule has 1 rings (SSSR count). The fraction of sp³-hybridized carbons (Fsp3) is 0.368. The number of carboxylic acid groups (broad SMARTS) is 2. The van der Waals surface area contributed by atoms with E-state index in [0.717, 1.165) is 0 Å². The highest BCUT2D eigenvalue weighted by molar-refractivity contribution is 5.96. The fourth-order valence-corrected chi connectivity index (χ4v) is 2.61. The monoisotopic (exact) mass is 467 g/mol. The number of phenols is 1. The maximum atomic E-state index is 12.7.